The normalized spacial score (nSPS) is 28.8. The zero-order valence-electron chi connectivity index (χ0n) is 20.6. The van der Waals surface area contributed by atoms with Crippen LogP contribution in [0.3, 0.4) is 0 Å². The Balaban J connectivity index is 1.41. The Morgan fingerprint density at radius 2 is 1.92 bits per heavy atom. The highest BCUT2D eigenvalue weighted by Gasteiger charge is 2.59. The topological polar surface area (TPSA) is 111 Å². The summed E-state index contributed by atoms with van der Waals surface area (Å²) in [6.45, 7) is 3.05. The third-order valence-corrected chi connectivity index (χ3v) is 11.1. The Bertz CT molecular complexity index is 1200. The number of carbonyl (C=O) groups excluding carboxylic acids is 2. The van der Waals surface area contributed by atoms with E-state index in [2.05, 4.69) is 23.2 Å². The van der Waals surface area contributed by atoms with E-state index >= 15 is 0 Å². The molecule has 1 unspecified atom stereocenters. The second-order valence-electron chi connectivity index (χ2n) is 11.0. The molecule has 0 aromatic heterocycles. The number of halogens is 1. The molecule has 10 heteroatoms. The van der Waals surface area contributed by atoms with Gasteiger partial charge in [-0.1, -0.05) is 30.2 Å². The fourth-order valence-electron chi connectivity index (χ4n) is 6.06. The van der Waals surface area contributed by atoms with Gasteiger partial charge in [-0.25, -0.2) is 8.42 Å². The van der Waals surface area contributed by atoms with Gasteiger partial charge in [0.1, 0.15) is 11.1 Å². The van der Waals surface area contributed by atoms with Crippen LogP contribution in [0.25, 0.3) is 0 Å². The van der Waals surface area contributed by atoms with E-state index in [-0.39, 0.29) is 41.1 Å². The van der Waals surface area contributed by atoms with E-state index in [4.69, 9.17) is 11.6 Å². The Labute approximate surface area is 217 Å². The van der Waals surface area contributed by atoms with Crippen molar-refractivity contribution in [3.63, 3.8) is 0 Å². The molecule has 2 amide bonds. The molecule has 0 spiro atoms. The molecule has 2 aliphatic heterocycles. The average Bonchev–Trinajstić information content (AvgIpc) is 3.77. The molecule has 5 rings (SSSR count). The first-order chi connectivity index (χ1) is 17.1. The average molecular weight is 533 g/mol. The van der Waals surface area contributed by atoms with E-state index in [1.807, 2.05) is 0 Å². The minimum absolute atomic E-state index is 0.0185. The molecule has 4 fully saturated rings. The van der Waals surface area contributed by atoms with E-state index in [9.17, 15) is 23.3 Å². The van der Waals surface area contributed by atoms with Crippen LogP contribution in [0.2, 0.25) is 5.02 Å². The van der Waals surface area contributed by atoms with E-state index < -0.39 is 32.2 Å². The molecule has 2 saturated heterocycles. The lowest BCUT2D eigenvalue weighted by Crippen LogP contribution is -2.56. The summed E-state index contributed by atoms with van der Waals surface area (Å²) in [5.74, 6) is -0.379. The van der Waals surface area contributed by atoms with E-state index in [1.165, 1.54) is 6.07 Å². The Morgan fingerprint density at radius 1 is 1.19 bits per heavy atom. The van der Waals surface area contributed by atoms with Gasteiger partial charge in [-0.05, 0) is 70.5 Å². The van der Waals surface area contributed by atoms with E-state index in [1.54, 1.807) is 23.1 Å². The molecule has 0 radical (unpaired) electrons. The van der Waals surface area contributed by atoms with Crippen LogP contribution in [0.5, 0.6) is 0 Å². The lowest BCUT2D eigenvalue weighted by atomic mass is 9.99. The number of nitriles is 1. The monoisotopic (exact) mass is 532 g/mol. The maximum Gasteiger partial charge on any atom is 0.243 e. The highest BCUT2D eigenvalue weighted by Crippen LogP contribution is 2.48. The van der Waals surface area contributed by atoms with Gasteiger partial charge in [0.25, 0.3) is 0 Å². The van der Waals surface area contributed by atoms with Crippen LogP contribution in [0.4, 0.5) is 0 Å². The van der Waals surface area contributed by atoms with Gasteiger partial charge in [-0.15, -0.1) is 0 Å². The molecule has 8 nitrogen and oxygen atoms in total. The number of nitrogens with one attached hydrogen (secondary N) is 1. The highest BCUT2D eigenvalue weighted by atomic mass is 35.5. The zero-order chi connectivity index (χ0) is 25.7. The Morgan fingerprint density at radius 3 is 2.53 bits per heavy atom. The fraction of sp³-hybridized carbons (Fsp3) is 0.654. The Hall–Kier alpha value is -2.15. The molecule has 4 aliphatic rings. The minimum atomic E-state index is -3.82. The standard InChI is InChI=1S/C26H33ClN4O4S/c1-18-6-4-5-13-31(18)26(11-12-26)24(33)30-16-20(36(34,35)22-8-3-2-7-21(22)27)14-19(30)15-23(32)29-25(17-28)9-10-25/h2-3,7-8,18-20H,4-6,9-16H2,1H3,(H,29,32)/t18?,19-,20-/m1/s1. The van der Waals surface area contributed by atoms with Crippen molar-refractivity contribution in [2.24, 2.45) is 0 Å². The first-order valence-corrected chi connectivity index (χ1v) is 14.8. The lowest BCUT2D eigenvalue weighted by molar-refractivity contribution is -0.142. The molecule has 0 bridgehead atoms. The molecular weight excluding hydrogens is 500 g/mol. The van der Waals surface area contributed by atoms with Gasteiger partial charge in [0, 0.05) is 25.0 Å². The van der Waals surface area contributed by atoms with Gasteiger partial charge >= 0.3 is 0 Å². The van der Waals surface area contributed by atoms with Gasteiger partial charge < -0.3 is 10.2 Å². The summed E-state index contributed by atoms with van der Waals surface area (Å²) in [5.41, 5.74) is -1.41. The van der Waals surface area contributed by atoms with Crippen molar-refractivity contribution in [3.8, 4) is 6.07 Å². The number of sulfone groups is 1. The molecule has 3 atom stereocenters. The predicted octanol–water partition coefficient (Wildman–Crippen LogP) is 3.05. The summed E-state index contributed by atoms with van der Waals surface area (Å²) in [7, 11) is -3.82. The molecular formula is C26H33ClN4O4S. The number of piperidine rings is 1. The third kappa shape index (κ3) is 4.52. The summed E-state index contributed by atoms with van der Waals surface area (Å²) >= 11 is 6.24. The van der Waals surface area contributed by atoms with Crippen molar-refractivity contribution in [2.75, 3.05) is 13.1 Å². The maximum atomic E-state index is 14.1. The van der Waals surface area contributed by atoms with Crippen LogP contribution in [0.1, 0.15) is 64.7 Å². The zero-order valence-corrected chi connectivity index (χ0v) is 22.2. The van der Waals surface area contributed by atoms with Crippen LogP contribution in [-0.4, -0.2) is 71.5 Å². The quantitative estimate of drug-likeness (QED) is 0.578. The van der Waals surface area contributed by atoms with Gasteiger partial charge in [0.05, 0.1) is 21.2 Å². The van der Waals surface area contributed by atoms with Gasteiger partial charge in [-0.2, -0.15) is 5.26 Å². The first-order valence-electron chi connectivity index (χ1n) is 12.9. The van der Waals surface area contributed by atoms with Gasteiger partial charge in [0.2, 0.25) is 11.8 Å². The van der Waals surface area contributed by atoms with Crippen molar-refractivity contribution in [2.45, 2.75) is 98.0 Å². The number of benzene rings is 1. The molecule has 1 aromatic carbocycles. The van der Waals surface area contributed by atoms with Crippen LogP contribution in [0.15, 0.2) is 29.2 Å². The highest BCUT2D eigenvalue weighted by molar-refractivity contribution is 7.92. The van der Waals surface area contributed by atoms with Crippen molar-refractivity contribution < 1.29 is 18.0 Å². The number of carbonyl (C=O) groups is 2. The van der Waals surface area contributed by atoms with Crippen molar-refractivity contribution >= 4 is 33.3 Å². The summed E-state index contributed by atoms with van der Waals surface area (Å²) in [5, 5.41) is 11.5. The number of hydrogen-bond acceptors (Lipinski definition) is 6. The number of likely N-dealkylation sites (tertiary alicyclic amines) is 2. The van der Waals surface area contributed by atoms with Crippen molar-refractivity contribution in [3.05, 3.63) is 29.3 Å². The predicted molar refractivity (Wildman–Crippen MR) is 135 cm³/mol. The molecule has 1 N–H and O–H groups in total. The largest absolute Gasteiger partial charge is 0.338 e. The second-order valence-corrected chi connectivity index (χ2v) is 13.6. The fourth-order valence-corrected chi connectivity index (χ4v) is 8.32. The smallest absolute Gasteiger partial charge is 0.243 e. The van der Waals surface area contributed by atoms with Crippen molar-refractivity contribution in [1.29, 1.82) is 5.26 Å². The number of hydrogen-bond donors (Lipinski definition) is 1. The van der Waals surface area contributed by atoms with Crippen LogP contribution in [-0.2, 0) is 19.4 Å². The molecule has 1 aromatic rings. The summed E-state index contributed by atoms with van der Waals surface area (Å²) in [6.07, 6.45) is 6.12. The molecule has 194 valence electrons. The van der Waals surface area contributed by atoms with E-state index in [0.717, 1.165) is 38.6 Å². The lowest BCUT2D eigenvalue weighted by Gasteiger charge is -2.41. The van der Waals surface area contributed by atoms with Crippen molar-refractivity contribution in [1.82, 2.24) is 15.1 Å². The van der Waals surface area contributed by atoms with Crippen LogP contribution >= 0.6 is 11.6 Å². The summed E-state index contributed by atoms with van der Waals surface area (Å²) in [4.78, 5) is 31.0. The van der Waals surface area contributed by atoms with E-state index in [0.29, 0.717) is 18.9 Å². The SMILES string of the molecule is CC1CCCCN1C1(C(=O)N2C[C@H](S(=O)(=O)c3ccccc3Cl)C[C@@H]2CC(=O)NC2(C#N)CC2)CC1. The van der Waals surface area contributed by atoms with Gasteiger partial charge in [-0.3, -0.25) is 14.5 Å². The number of amides is 2. The first kappa shape index (κ1) is 25.5. The Kier molecular flexibility index (Phi) is 6.59. The van der Waals surface area contributed by atoms with Gasteiger partial charge in [0.15, 0.2) is 9.84 Å². The second kappa shape index (κ2) is 9.30. The number of rotatable bonds is 7. The summed E-state index contributed by atoms with van der Waals surface area (Å²) < 4.78 is 27.2. The van der Waals surface area contributed by atoms with Crippen LogP contribution < -0.4 is 5.32 Å². The molecule has 2 saturated carbocycles. The molecule has 2 heterocycles. The third-order valence-electron chi connectivity index (χ3n) is 8.46. The summed E-state index contributed by atoms with van der Waals surface area (Å²) in [6, 6.07) is 8.25. The minimum Gasteiger partial charge on any atom is -0.338 e. The molecule has 2 aliphatic carbocycles. The number of nitrogens with zero attached hydrogens (tertiary/aromatic N) is 3. The maximum absolute atomic E-state index is 14.1. The molecule has 36 heavy (non-hydrogen) atoms. The van der Waals surface area contributed by atoms with Crippen LogP contribution in [0, 0.1) is 11.3 Å².